The van der Waals surface area contributed by atoms with E-state index in [1.165, 1.54) is 16.4 Å². The normalized spacial score (nSPS) is 15.7. The largest absolute Gasteiger partial charge is 0.332 e. The van der Waals surface area contributed by atoms with Gasteiger partial charge in [0, 0.05) is 21.9 Å². The predicted octanol–water partition coefficient (Wildman–Crippen LogP) is 5.93. The topological polar surface area (TPSA) is 61.4 Å². The molecule has 1 aliphatic rings. The number of anilines is 3. The van der Waals surface area contributed by atoms with Gasteiger partial charge in [-0.2, -0.15) is 0 Å². The van der Waals surface area contributed by atoms with Crippen molar-refractivity contribution in [3.05, 3.63) is 82.6 Å². The van der Waals surface area contributed by atoms with Crippen molar-refractivity contribution >= 4 is 60.3 Å². The Hall–Kier alpha value is -2.49. The Kier molecular flexibility index (Phi) is 6.50. The highest BCUT2D eigenvalue weighted by atomic mass is 79.9. The van der Waals surface area contributed by atoms with Crippen LogP contribution < -0.4 is 14.9 Å². The number of sulfonamides is 1. The fourth-order valence-corrected chi connectivity index (χ4v) is 5.93. The minimum Gasteiger partial charge on any atom is -0.332 e. The lowest BCUT2D eigenvalue weighted by atomic mass is 9.99. The molecule has 1 unspecified atom stereocenters. The van der Waals surface area contributed by atoms with Crippen LogP contribution in [0.2, 0.25) is 0 Å². The molecule has 0 spiro atoms. The van der Waals surface area contributed by atoms with Crippen molar-refractivity contribution in [1.29, 1.82) is 0 Å². The molecule has 0 aliphatic carbocycles. The minimum atomic E-state index is -3.81. The lowest BCUT2D eigenvalue weighted by Gasteiger charge is -2.36. The quantitative estimate of drug-likeness (QED) is 0.407. The number of hydrogen-bond acceptors (Lipinski definition) is 3. The van der Waals surface area contributed by atoms with Gasteiger partial charge in [-0.25, -0.2) is 12.8 Å². The van der Waals surface area contributed by atoms with Gasteiger partial charge in [0.15, 0.2) is 5.11 Å². The summed E-state index contributed by atoms with van der Waals surface area (Å²) in [7, 11) is -3.81. The molecular weight excluding hydrogens is 513 g/mol. The highest BCUT2D eigenvalue weighted by molar-refractivity contribution is 9.10. The van der Waals surface area contributed by atoms with Crippen molar-refractivity contribution in [2.45, 2.75) is 30.7 Å². The molecule has 9 heteroatoms. The van der Waals surface area contributed by atoms with Crippen LogP contribution >= 0.6 is 28.1 Å². The smallest absolute Gasteiger partial charge is 0.264 e. The van der Waals surface area contributed by atoms with Gasteiger partial charge in [-0.05, 0) is 104 Å². The van der Waals surface area contributed by atoms with E-state index in [-0.39, 0.29) is 16.8 Å². The van der Waals surface area contributed by atoms with E-state index in [0.29, 0.717) is 34.9 Å². The van der Waals surface area contributed by atoms with E-state index in [2.05, 4.69) is 26.6 Å². The van der Waals surface area contributed by atoms with Crippen LogP contribution in [-0.4, -0.2) is 19.6 Å². The first-order chi connectivity index (χ1) is 15.2. The Bertz CT molecular complexity index is 1250. The maximum Gasteiger partial charge on any atom is 0.264 e. The molecule has 166 valence electrons. The average molecular weight is 534 g/mol. The molecule has 0 saturated carbocycles. The lowest BCUT2D eigenvalue weighted by molar-refractivity contribution is 0.560. The zero-order chi connectivity index (χ0) is 22.9. The summed E-state index contributed by atoms with van der Waals surface area (Å²) >= 11 is 8.73. The molecule has 0 bridgehead atoms. The molecule has 1 aliphatic heterocycles. The Balaban J connectivity index is 1.52. The number of rotatable bonds is 4. The van der Waals surface area contributed by atoms with Crippen LogP contribution in [-0.2, 0) is 16.4 Å². The number of fused-ring (bicyclic) bond motifs is 1. The van der Waals surface area contributed by atoms with E-state index in [1.807, 2.05) is 31.2 Å². The molecule has 3 aromatic carbocycles. The Morgan fingerprint density at radius 1 is 1.03 bits per heavy atom. The van der Waals surface area contributed by atoms with E-state index in [1.54, 1.807) is 30.3 Å². The zero-order valence-corrected chi connectivity index (χ0v) is 20.4. The number of nitrogens with one attached hydrogen (secondary N) is 2. The third kappa shape index (κ3) is 4.79. The van der Waals surface area contributed by atoms with Crippen molar-refractivity contribution in [3.8, 4) is 0 Å². The fraction of sp³-hybridized carbons (Fsp3) is 0.174. The lowest BCUT2D eigenvalue weighted by Crippen LogP contribution is -2.42. The highest BCUT2D eigenvalue weighted by Crippen LogP contribution is 2.36. The maximum absolute atomic E-state index is 13.6. The first kappa shape index (κ1) is 22.7. The summed E-state index contributed by atoms with van der Waals surface area (Å²) in [5.74, 6) is -0.362. The van der Waals surface area contributed by atoms with Gasteiger partial charge >= 0.3 is 0 Å². The third-order valence-corrected chi connectivity index (χ3v) is 7.96. The first-order valence-electron chi connectivity index (χ1n) is 10.0. The molecule has 3 aromatic rings. The van der Waals surface area contributed by atoms with Gasteiger partial charge in [0.1, 0.15) is 5.82 Å². The van der Waals surface area contributed by atoms with Gasteiger partial charge in [0.2, 0.25) is 0 Å². The zero-order valence-electron chi connectivity index (χ0n) is 17.2. The Morgan fingerprint density at radius 2 is 1.62 bits per heavy atom. The number of nitrogens with zero attached hydrogens (tertiary/aromatic N) is 1. The molecule has 0 radical (unpaired) electrons. The molecule has 5 nitrogen and oxygen atoms in total. The number of halogens is 2. The Labute approximate surface area is 200 Å². The van der Waals surface area contributed by atoms with E-state index in [4.69, 9.17) is 12.2 Å². The van der Waals surface area contributed by atoms with Crippen LogP contribution in [0.3, 0.4) is 0 Å². The number of aryl methyl sites for hydroxylation is 1. The molecule has 0 amide bonds. The maximum atomic E-state index is 13.6. The third-order valence-electron chi connectivity index (χ3n) is 5.28. The monoisotopic (exact) mass is 533 g/mol. The van der Waals surface area contributed by atoms with E-state index in [9.17, 15) is 12.8 Å². The van der Waals surface area contributed by atoms with Crippen molar-refractivity contribution in [2.75, 3.05) is 14.9 Å². The summed E-state index contributed by atoms with van der Waals surface area (Å²) in [5, 5.41) is 6.52. The van der Waals surface area contributed by atoms with Crippen molar-refractivity contribution < 1.29 is 12.8 Å². The predicted molar refractivity (Wildman–Crippen MR) is 134 cm³/mol. The number of benzene rings is 3. The summed E-state index contributed by atoms with van der Waals surface area (Å²) in [5.41, 5.74) is 2.73. The average Bonchev–Trinajstić information content (AvgIpc) is 2.75. The fourth-order valence-electron chi connectivity index (χ4n) is 3.71. The van der Waals surface area contributed by atoms with Crippen LogP contribution in [0.15, 0.2) is 76.1 Å². The minimum absolute atomic E-state index is 0.166. The van der Waals surface area contributed by atoms with Gasteiger partial charge in [0.05, 0.1) is 10.6 Å². The van der Waals surface area contributed by atoms with Crippen molar-refractivity contribution in [1.82, 2.24) is 0 Å². The second kappa shape index (κ2) is 9.17. The number of thiocarbonyl (C=S) groups is 1. The Morgan fingerprint density at radius 3 is 2.25 bits per heavy atom. The molecular formula is C23H21BrFN3O2S2. The molecule has 2 N–H and O–H groups in total. The van der Waals surface area contributed by atoms with E-state index < -0.39 is 10.0 Å². The van der Waals surface area contributed by atoms with Crippen LogP contribution in [0.4, 0.5) is 21.5 Å². The van der Waals surface area contributed by atoms with Gasteiger partial charge in [-0.1, -0.05) is 15.9 Å². The van der Waals surface area contributed by atoms with Gasteiger partial charge < -0.3 is 10.6 Å². The van der Waals surface area contributed by atoms with Crippen molar-refractivity contribution in [2.24, 2.45) is 0 Å². The molecule has 1 heterocycles. The van der Waals surface area contributed by atoms with E-state index in [0.717, 1.165) is 10.2 Å². The van der Waals surface area contributed by atoms with Crippen LogP contribution in [0.1, 0.15) is 18.9 Å². The van der Waals surface area contributed by atoms with Crippen molar-refractivity contribution in [3.63, 3.8) is 0 Å². The number of hydrogen-bond donors (Lipinski definition) is 2. The molecule has 32 heavy (non-hydrogen) atoms. The summed E-state index contributed by atoms with van der Waals surface area (Å²) < 4.78 is 42.8. The van der Waals surface area contributed by atoms with Gasteiger partial charge in [0.25, 0.3) is 10.0 Å². The molecule has 0 fully saturated rings. The highest BCUT2D eigenvalue weighted by Gasteiger charge is 2.33. The second-order valence-electron chi connectivity index (χ2n) is 7.57. The molecule has 1 atom stereocenters. The van der Waals surface area contributed by atoms with Crippen LogP contribution in [0.5, 0.6) is 0 Å². The molecule has 4 rings (SSSR count). The summed E-state index contributed by atoms with van der Waals surface area (Å²) in [6.07, 6.45) is 1.28. The summed E-state index contributed by atoms with van der Waals surface area (Å²) in [4.78, 5) is 0.166. The standard InChI is InChI=1S/C23H21BrFN3O2S2/c1-15-2-3-16-14-18(25)6-13-22(16)28(15)32(29,30)21-11-9-20(10-12-21)27-23(31)26-19-7-4-17(24)5-8-19/h4-15H,2-3H2,1H3,(H2,26,27,31). The first-order valence-corrected chi connectivity index (χ1v) is 12.6. The van der Waals surface area contributed by atoms with Gasteiger partial charge in [-0.3, -0.25) is 4.31 Å². The SMILES string of the molecule is CC1CCc2cc(F)ccc2N1S(=O)(=O)c1ccc(NC(=S)Nc2ccc(Br)cc2)cc1. The summed E-state index contributed by atoms with van der Waals surface area (Å²) in [6, 6.07) is 18.0. The summed E-state index contributed by atoms with van der Waals surface area (Å²) in [6.45, 7) is 1.87. The molecule has 0 saturated heterocycles. The van der Waals surface area contributed by atoms with E-state index >= 15 is 0 Å². The van der Waals surface area contributed by atoms with Gasteiger partial charge in [-0.15, -0.1) is 0 Å². The van der Waals surface area contributed by atoms with Crippen LogP contribution in [0, 0.1) is 5.82 Å². The van der Waals surface area contributed by atoms with Crippen LogP contribution in [0.25, 0.3) is 0 Å². The second-order valence-corrected chi connectivity index (χ2v) is 10.7. The molecule has 0 aromatic heterocycles.